The van der Waals surface area contributed by atoms with Gasteiger partial charge < -0.3 is 25.2 Å². The second kappa shape index (κ2) is 10.9. The second-order valence-electron chi connectivity index (χ2n) is 6.70. The summed E-state index contributed by atoms with van der Waals surface area (Å²) in [5.74, 6) is 0.674. The molecule has 2 amide bonds. The molecule has 0 spiro atoms. The fourth-order valence-corrected chi connectivity index (χ4v) is 4.07. The highest BCUT2D eigenvalue weighted by molar-refractivity contribution is 7.86. The molecule has 3 aromatic carbocycles. The minimum absolute atomic E-state index is 0. The topological polar surface area (TPSA) is 115 Å². The third kappa shape index (κ3) is 5.84. The van der Waals surface area contributed by atoms with E-state index in [9.17, 15) is 9.00 Å². The van der Waals surface area contributed by atoms with Crippen LogP contribution < -0.4 is 15.4 Å². The first kappa shape index (κ1) is 22.8. The number of anilines is 2. The van der Waals surface area contributed by atoms with E-state index in [0.29, 0.717) is 28.6 Å². The molecule has 0 fully saturated rings. The largest absolute Gasteiger partial charge is 0.467 e. The van der Waals surface area contributed by atoms with Gasteiger partial charge in [-0.1, -0.05) is 48.5 Å². The summed E-state index contributed by atoms with van der Waals surface area (Å²) in [4.78, 5) is 12.7. The van der Waals surface area contributed by atoms with Crippen molar-refractivity contribution in [2.45, 2.75) is 11.4 Å². The monoisotopic (exact) mass is 449 g/mol. The van der Waals surface area contributed by atoms with Crippen molar-refractivity contribution in [2.75, 3.05) is 10.0 Å². The fraction of sp³-hybridized carbons (Fsp3) is 0.0417. The van der Waals surface area contributed by atoms with E-state index in [2.05, 4.69) is 15.4 Å². The predicted octanol–water partition coefficient (Wildman–Crippen LogP) is 4.58. The molecule has 5 N–H and O–H groups in total. The van der Waals surface area contributed by atoms with Crippen LogP contribution in [-0.2, 0) is 17.5 Å². The standard InChI is InChI=1S/C24H21N3O3S.H2O/c28-24(25-17-21-9-6-16-30-21)26-19-12-14-20(15-13-19)27-31(29)23-11-5-4-10-22(23)18-7-2-1-3-8-18;/h1-16,27H,17H2,(H2,25,26,28);1H2. The molecule has 1 unspecified atom stereocenters. The number of rotatable bonds is 7. The third-order valence-electron chi connectivity index (χ3n) is 4.53. The Hall–Kier alpha value is -3.88. The number of carbonyl (C=O) groups is 1. The van der Waals surface area contributed by atoms with Gasteiger partial charge in [-0.25, -0.2) is 9.00 Å². The molecule has 0 saturated carbocycles. The summed E-state index contributed by atoms with van der Waals surface area (Å²) >= 11 is 0. The van der Waals surface area contributed by atoms with Crippen LogP contribution in [0.15, 0.2) is 107 Å². The fourth-order valence-electron chi connectivity index (χ4n) is 3.02. The second-order valence-corrected chi connectivity index (χ2v) is 7.88. The van der Waals surface area contributed by atoms with Crippen LogP contribution in [0.4, 0.5) is 16.2 Å². The highest BCUT2D eigenvalue weighted by Crippen LogP contribution is 2.27. The van der Waals surface area contributed by atoms with Gasteiger partial charge in [0.05, 0.1) is 17.7 Å². The first-order valence-electron chi connectivity index (χ1n) is 9.69. The van der Waals surface area contributed by atoms with Crippen LogP contribution in [0.25, 0.3) is 11.1 Å². The Kier molecular flexibility index (Phi) is 7.80. The zero-order chi connectivity index (χ0) is 21.5. The summed E-state index contributed by atoms with van der Waals surface area (Å²) in [7, 11) is -1.44. The molecule has 4 aromatic rings. The number of amides is 2. The molecule has 0 bridgehead atoms. The lowest BCUT2D eigenvalue weighted by Gasteiger charge is -2.12. The number of hydrogen-bond acceptors (Lipinski definition) is 3. The Labute approximate surface area is 188 Å². The van der Waals surface area contributed by atoms with Crippen molar-refractivity contribution in [3.8, 4) is 11.1 Å². The highest BCUT2D eigenvalue weighted by atomic mass is 32.2. The first-order chi connectivity index (χ1) is 15.2. The van der Waals surface area contributed by atoms with E-state index in [-0.39, 0.29) is 11.5 Å². The minimum Gasteiger partial charge on any atom is -0.467 e. The maximum absolute atomic E-state index is 13.0. The average Bonchev–Trinajstić information content (AvgIpc) is 3.33. The van der Waals surface area contributed by atoms with Crippen LogP contribution in [0.2, 0.25) is 0 Å². The van der Waals surface area contributed by atoms with Gasteiger partial charge in [-0.3, -0.25) is 0 Å². The smallest absolute Gasteiger partial charge is 0.319 e. The Morgan fingerprint density at radius 3 is 2.22 bits per heavy atom. The first-order valence-corrected chi connectivity index (χ1v) is 10.8. The molecular weight excluding hydrogens is 426 g/mol. The van der Waals surface area contributed by atoms with Crippen LogP contribution in [0.3, 0.4) is 0 Å². The third-order valence-corrected chi connectivity index (χ3v) is 5.70. The van der Waals surface area contributed by atoms with Gasteiger partial charge in [0.25, 0.3) is 0 Å². The van der Waals surface area contributed by atoms with Crippen molar-refractivity contribution >= 4 is 28.4 Å². The van der Waals surface area contributed by atoms with Gasteiger partial charge in [-0.2, -0.15) is 0 Å². The van der Waals surface area contributed by atoms with E-state index in [1.165, 1.54) is 0 Å². The van der Waals surface area contributed by atoms with Crippen LogP contribution in [0.5, 0.6) is 0 Å². The molecule has 0 aliphatic carbocycles. The van der Waals surface area contributed by atoms with Crippen LogP contribution in [0.1, 0.15) is 5.76 Å². The van der Waals surface area contributed by atoms with Crippen molar-refractivity contribution in [1.82, 2.24) is 5.32 Å². The molecule has 8 heteroatoms. The summed E-state index contributed by atoms with van der Waals surface area (Å²) in [6.45, 7) is 0.304. The maximum atomic E-state index is 13.0. The van der Waals surface area contributed by atoms with Gasteiger partial charge in [-0.15, -0.1) is 0 Å². The van der Waals surface area contributed by atoms with Crippen LogP contribution in [-0.4, -0.2) is 15.7 Å². The number of nitrogens with one attached hydrogen (secondary N) is 3. The van der Waals surface area contributed by atoms with Gasteiger partial charge in [0.2, 0.25) is 0 Å². The molecule has 0 aliphatic heterocycles. The van der Waals surface area contributed by atoms with Crippen LogP contribution >= 0.6 is 0 Å². The minimum atomic E-state index is -1.44. The molecule has 1 heterocycles. The van der Waals surface area contributed by atoms with E-state index in [0.717, 1.165) is 11.1 Å². The Bertz CT molecular complexity index is 1160. The quantitative estimate of drug-likeness (QED) is 0.384. The summed E-state index contributed by atoms with van der Waals surface area (Å²) in [6, 6.07) is 27.7. The number of hydrogen-bond donors (Lipinski definition) is 3. The van der Waals surface area contributed by atoms with E-state index >= 15 is 0 Å². The molecular formula is C24H23N3O4S. The predicted molar refractivity (Wildman–Crippen MR) is 127 cm³/mol. The maximum Gasteiger partial charge on any atom is 0.319 e. The van der Waals surface area contributed by atoms with Gasteiger partial charge in [-0.05, 0) is 53.6 Å². The summed E-state index contributed by atoms with van der Waals surface area (Å²) in [6.07, 6.45) is 1.56. The highest BCUT2D eigenvalue weighted by Gasteiger charge is 2.11. The van der Waals surface area contributed by atoms with Gasteiger partial charge >= 0.3 is 6.03 Å². The van der Waals surface area contributed by atoms with Crippen molar-refractivity contribution in [3.05, 3.63) is 103 Å². The Morgan fingerprint density at radius 1 is 0.812 bits per heavy atom. The van der Waals surface area contributed by atoms with Crippen molar-refractivity contribution in [2.24, 2.45) is 0 Å². The zero-order valence-corrected chi connectivity index (χ0v) is 17.9. The summed E-state index contributed by atoms with van der Waals surface area (Å²) < 4.78 is 21.2. The lowest BCUT2D eigenvalue weighted by molar-refractivity contribution is 0.251. The SMILES string of the molecule is O.O=C(NCc1ccco1)Nc1ccc(NS(=O)c2ccccc2-c2ccccc2)cc1. The van der Waals surface area contributed by atoms with Crippen LogP contribution in [0, 0.1) is 0 Å². The normalized spacial score (nSPS) is 11.1. The molecule has 0 saturated heterocycles. The Morgan fingerprint density at radius 2 is 1.50 bits per heavy atom. The molecule has 0 aliphatic rings. The average molecular weight is 450 g/mol. The molecule has 1 atom stereocenters. The molecule has 32 heavy (non-hydrogen) atoms. The lowest BCUT2D eigenvalue weighted by atomic mass is 10.1. The van der Waals surface area contributed by atoms with E-state index in [4.69, 9.17) is 4.42 Å². The lowest BCUT2D eigenvalue weighted by Crippen LogP contribution is -2.27. The van der Waals surface area contributed by atoms with Crippen molar-refractivity contribution in [3.63, 3.8) is 0 Å². The summed E-state index contributed by atoms with van der Waals surface area (Å²) in [5, 5.41) is 5.47. The molecule has 4 rings (SSSR count). The number of benzene rings is 3. The molecule has 1 aromatic heterocycles. The van der Waals surface area contributed by atoms with E-state index in [1.54, 1.807) is 42.7 Å². The van der Waals surface area contributed by atoms with Gasteiger partial charge in [0, 0.05) is 11.4 Å². The van der Waals surface area contributed by atoms with Gasteiger partial charge in [0.1, 0.15) is 5.76 Å². The zero-order valence-electron chi connectivity index (χ0n) is 17.1. The van der Waals surface area contributed by atoms with E-state index in [1.807, 2.05) is 54.6 Å². The number of carbonyl (C=O) groups excluding carboxylic acids is 1. The number of furan rings is 1. The molecule has 164 valence electrons. The van der Waals surface area contributed by atoms with Crippen molar-refractivity contribution < 1.29 is 18.9 Å². The Balaban J connectivity index is 0.00000289. The molecule has 0 radical (unpaired) electrons. The summed E-state index contributed by atoms with van der Waals surface area (Å²) in [5.41, 5.74) is 3.23. The number of urea groups is 1. The van der Waals surface area contributed by atoms with E-state index < -0.39 is 11.0 Å². The van der Waals surface area contributed by atoms with Gasteiger partial charge in [0.15, 0.2) is 11.0 Å². The van der Waals surface area contributed by atoms with Crippen molar-refractivity contribution in [1.29, 1.82) is 0 Å². The molecule has 7 nitrogen and oxygen atoms in total.